The average Bonchev–Trinajstić information content (AvgIpc) is 3.60. The zero-order chi connectivity index (χ0) is 23.8. The van der Waals surface area contributed by atoms with Crippen LogP contribution in [0.4, 0.5) is 0 Å². The van der Waals surface area contributed by atoms with Crippen molar-refractivity contribution in [3.8, 4) is 11.5 Å². The van der Waals surface area contributed by atoms with Crippen molar-refractivity contribution in [2.45, 2.75) is 45.1 Å². The molecule has 9 heteroatoms. The molecule has 0 radical (unpaired) electrons. The maximum atomic E-state index is 12.6. The van der Waals surface area contributed by atoms with Gasteiger partial charge in [0, 0.05) is 38.3 Å². The number of hydrogen-bond donors (Lipinski definition) is 3. The predicted octanol–water partition coefficient (Wildman–Crippen LogP) is 1.36. The third-order valence-electron chi connectivity index (χ3n) is 6.02. The lowest BCUT2D eigenvalue weighted by Gasteiger charge is -2.24. The van der Waals surface area contributed by atoms with Gasteiger partial charge in [-0.3, -0.25) is 14.4 Å². The highest BCUT2D eigenvalue weighted by atomic mass is 16.5. The van der Waals surface area contributed by atoms with Crippen LogP contribution in [0.25, 0.3) is 0 Å². The van der Waals surface area contributed by atoms with Gasteiger partial charge in [0.1, 0.15) is 17.5 Å². The number of phenols is 1. The van der Waals surface area contributed by atoms with Gasteiger partial charge < -0.3 is 30.3 Å². The summed E-state index contributed by atoms with van der Waals surface area (Å²) in [7, 11) is 1.76. The van der Waals surface area contributed by atoms with Crippen molar-refractivity contribution >= 4 is 17.7 Å². The van der Waals surface area contributed by atoms with Gasteiger partial charge in [0.05, 0.1) is 0 Å². The number of likely N-dealkylation sites (N-methyl/N-ethyl adjacent to an activating group) is 1. The van der Waals surface area contributed by atoms with Crippen LogP contribution in [-0.2, 0) is 9.59 Å². The number of benzene rings is 1. The lowest BCUT2D eigenvalue weighted by atomic mass is 10.2. The van der Waals surface area contributed by atoms with E-state index in [1.54, 1.807) is 18.9 Å². The number of aromatic hydroxyl groups is 1. The molecule has 0 unspecified atom stereocenters. The molecule has 0 aromatic heterocycles. The molecule has 182 valence electrons. The monoisotopic (exact) mass is 460 g/mol. The summed E-state index contributed by atoms with van der Waals surface area (Å²) in [5.74, 6) is -0.0415. The lowest BCUT2D eigenvalue weighted by molar-refractivity contribution is -0.135. The molecule has 1 atom stereocenters. The van der Waals surface area contributed by atoms with E-state index < -0.39 is 11.9 Å². The summed E-state index contributed by atoms with van der Waals surface area (Å²) in [6.07, 6.45) is 5.28. The highest BCUT2D eigenvalue weighted by Gasteiger charge is 2.24. The Morgan fingerprint density at radius 1 is 1.06 bits per heavy atom. The van der Waals surface area contributed by atoms with E-state index in [9.17, 15) is 19.5 Å². The molecule has 1 fully saturated rings. The third kappa shape index (κ3) is 8.24. The Bertz CT molecular complexity index is 842. The van der Waals surface area contributed by atoms with Crippen LogP contribution in [0.3, 0.4) is 0 Å². The van der Waals surface area contributed by atoms with Gasteiger partial charge in [-0.1, -0.05) is 0 Å². The van der Waals surface area contributed by atoms with Crippen LogP contribution in [-0.4, -0.2) is 85.0 Å². The van der Waals surface area contributed by atoms with Crippen molar-refractivity contribution in [2.75, 3.05) is 46.4 Å². The van der Waals surface area contributed by atoms with E-state index in [2.05, 4.69) is 15.5 Å². The van der Waals surface area contributed by atoms with Crippen molar-refractivity contribution in [3.63, 3.8) is 0 Å². The van der Waals surface area contributed by atoms with Crippen LogP contribution in [0.1, 0.15) is 49.4 Å². The highest BCUT2D eigenvalue weighted by molar-refractivity contribution is 5.95. The molecule has 2 bridgehead atoms. The molecule has 1 saturated carbocycles. The minimum atomic E-state index is -0.673. The molecule has 33 heavy (non-hydrogen) atoms. The molecule has 1 aliphatic carbocycles. The quantitative estimate of drug-likeness (QED) is 0.615. The van der Waals surface area contributed by atoms with Crippen molar-refractivity contribution in [1.82, 2.24) is 20.4 Å². The van der Waals surface area contributed by atoms with E-state index in [4.69, 9.17) is 4.74 Å². The third-order valence-corrected chi connectivity index (χ3v) is 6.02. The summed E-state index contributed by atoms with van der Waals surface area (Å²) in [5.41, 5.74) is 0.264. The molecule has 3 amide bonds. The van der Waals surface area contributed by atoms with Gasteiger partial charge in [-0.2, -0.15) is 0 Å². The molecule has 1 aromatic rings. The van der Waals surface area contributed by atoms with Crippen LogP contribution >= 0.6 is 0 Å². The summed E-state index contributed by atoms with van der Waals surface area (Å²) >= 11 is 0. The summed E-state index contributed by atoms with van der Waals surface area (Å²) in [6, 6.07) is 3.52. The Morgan fingerprint density at radius 3 is 2.55 bits per heavy atom. The molecular formula is C24H36N4O5. The van der Waals surface area contributed by atoms with Gasteiger partial charge in [-0.25, -0.2) is 0 Å². The van der Waals surface area contributed by atoms with E-state index >= 15 is 0 Å². The van der Waals surface area contributed by atoms with Crippen LogP contribution in [0.15, 0.2) is 18.2 Å². The Hall–Kier alpha value is -2.81. The van der Waals surface area contributed by atoms with E-state index in [0.29, 0.717) is 13.1 Å². The van der Waals surface area contributed by atoms with Gasteiger partial charge in [-0.05, 0) is 70.2 Å². The molecule has 3 N–H and O–H groups in total. The number of hydrogen-bond acceptors (Lipinski definition) is 6. The molecule has 1 aromatic carbocycles. The smallest absolute Gasteiger partial charge is 0.258 e. The van der Waals surface area contributed by atoms with Crippen LogP contribution in [0.5, 0.6) is 11.5 Å². The SMILES string of the molecule is C[C@@H]1NC(=O)COc2cc(O)cc(c2)C(=O)NCCCN(CC2CC2)CCCCN(C)C1=O. The average molecular weight is 461 g/mol. The molecule has 0 saturated heterocycles. The standard InChI is InChI=1S/C24H36N4O5/c1-17-24(32)27(2)9-3-4-10-28(15-18-6-7-18)11-5-8-25-23(31)19-12-20(29)14-21(13-19)33-16-22(30)26-17/h12-14,17-18,29H,3-11,15-16H2,1-2H3,(H,25,31)(H,26,30)/t17-/m0/s1. The van der Waals surface area contributed by atoms with E-state index in [0.717, 1.165) is 44.8 Å². The van der Waals surface area contributed by atoms with Gasteiger partial charge in [0.15, 0.2) is 6.61 Å². The summed E-state index contributed by atoms with van der Waals surface area (Å²) in [4.78, 5) is 41.5. The minimum Gasteiger partial charge on any atom is -0.508 e. The Kier molecular flexibility index (Phi) is 8.94. The maximum Gasteiger partial charge on any atom is 0.258 e. The molecular weight excluding hydrogens is 424 g/mol. The number of ether oxygens (including phenoxy) is 1. The number of rotatable bonds is 2. The molecule has 0 spiro atoms. The molecule has 2 aliphatic rings. The second kappa shape index (κ2) is 11.9. The molecule has 3 rings (SSSR count). The largest absolute Gasteiger partial charge is 0.508 e. The number of amides is 3. The van der Waals surface area contributed by atoms with E-state index in [1.165, 1.54) is 31.0 Å². The maximum absolute atomic E-state index is 12.6. The minimum absolute atomic E-state index is 0.124. The first-order valence-electron chi connectivity index (χ1n) is 11.8. The normalized spacial score (nSPS) is 22.8. The summed E-state index contributed by atoms with van der Waals surface area (Å²) < 4.78 is 5.45. The second-order valence-electron chi connectivity index (χ2n) is 9.11. The van der Waals surface area contributed by atoms with E-state index in [1.807, 2.05) is 0 Å². The van der Waals surface area contributed by atoms with Crippen molar-refractivity contribution in [3.05, 3.63) is 23.8 Å². The van der Waals surface area contributed by atoms with E-state index in [-0.39, 0.29) is 35.5 Å². The fourth-order valence-corrected chi connectivity index (χ4v) is 3.98. The Morgan fingerprint density at radius 2 is 1.79 bits per heavy atom. The van der Waals surface area contributed by atoms with Crippen molar-refractivity contribution in [1.29, 1.82) is 0 Å². The number of fused-ring (bicyclic) bond motifs is 2. The number of carbonyl (C=O) groups excluding carboxylic acids is 3. The van der Waals surface area contributed by atoms with Crippen LogP contribution in [0, 0.1) is 5.92 Å². The first-order valence-corrected chi connectivity index (χ1v) is 11.8. The first kappa shape index (κ1) is 24.8. The highest BCUT2D eigenvalue weighted by Crippen LogP contribution is 2.29. The Balaban J connectivity index is 1.67. The number of nitrogens with zero attached hydrogens (tertiary/aromatic N) is 2. The lowest BCUT2D eigenvalue weighted by Crippen LogP contribution is -2.47. The van der Waals surface area contributed by atoms with Crippen LogP contribution < -0.4 is 15.4 Å². The predicted molar refractivity (Wildman–Crippen MR) is 124 cm³/mol. The molecule has 9 nitrogen and oxygen atoms in total. The topological polar surface area (TPSA) is 111 Å². The Labute approximate surface area is 195 Å². The number of nitrogens with one attached hydrogen (secondary N) is 2. The van der Waals surface area contributed by atoms with Gasteiger partial charge in [0.25, 0.3) is 11.8 Å². The zero-order valence-electron chi connectivity index (χ0n) is 19.6. The zero-order valence-corrected chi connectivity index (χ0v) is 19.6. The first-order chi connectivity index (χ1) is 15.8. The van der Waals surface area contributed by atoms with Gasteiger partial charge in [-0.15, -0.1) is 0 Å². The van der Waals surface area contributed by atoms with Crippen molar-refractivity contribution in [2.24, 2.45) is 5.92 Å². The fourth-order valence-electron chi connectivity index (χ4n) is 3.98. The number of phenolic OH excluding ortho intramolecular Hbond substituents is 1. The summed E-state index contributed by atoms with van der Waals surface area (Å²) in [6.45, 7) is 5.44. The fraction of sp³-hybridized carbons (Fsp3) is 0.625. The van der Waals surface area contributed by atoms with Crippen molar-refractivity contribution < 1.29 is 24.2 Å². The van der Waals surface area contributed by atoms with Crippen LogP contribution in [0.2, 0.25) is 0 Å². The second-order valence-corrected chi connectivity index (χ2v) is 9.11. The van der Waals surface area contributed by atoms with Gasteiger partial charge in [0.2, 0.25) is 5.91 Å². The summed E-state index contributed by atoms with van der Waals surface area (Å²) in [5, 5.41) is 15.5. The molecule has 1 heterocycles. The van der Waals surface area contributed by atoms with Gasteiger partial charge >= 0.3 is 0 Å². The number of carbonyl (C=O) groups is 3. The molecule has 1 aliphatic heterocycles.